The van der Waals surface area contributed by atoms with Gasteiger partial charge in [-0.05, 0) is 25.1 Å². The van der Waals surface area contributed by atoms with Crippen LogP contribution in [0.5, 0.6) is 0 Å². The standard InChI is InChI=1S/C18H16ClNO2/c1-12(21)11-20-16-10-18(13-5-3-2-4-6-13)22-17-8-7-14(19)9-15(16)17/h2-10,12,21H,11H2,1H3/t12-/m1/s1. The highest BCUT2D eigenvalue weighted by molar-refractivity contribution is 6.31. The lowest BCUT2D eigenvalue weighted by molar-refractivity contribution is 0.203. The largest absolute Gasteiger partial charge is 0.456 e. The SMILES string of the molecule is C[C@@H](O)CN=c1cc(-c2ccccc2)oc2ccc(Cl)cc12. The third-order valence-electron chi connectivity index (χ3n) is 3.29. The molecule has 22 heavy (non-hydrogen) atoms. The van der Waals surface area contributed by atoms with E-state index in [1.807, 2.05) is 48.5 Å². The number of hydrogen-bond donors (Lipinski definition) is 1. The quantitative estimate of drug-likeness (QED) is 0.793. The van der Waals surface area contributed by atoms with Crippen LogP contribution in [-0.4, -0.2) is 17.8 Å². The predicted octanol–water partition coefficient (Wildman–Crippen LogP) is 4.03. The molecular formula is C18H16ClNO2. The molecule has 112 valence electrons. The Morgan fingerprint density at radius 1 is 1.14 bits per heavy atom. The van der Waals surface area contributed by atoms with Crippen LogP contribution in [0.2, 0.25) is 5.02 Å². The molecular weight excluding hydrogens is 298 g/mol. The number of benzene rings is 2. The summed E-state index contributed by atoms with van der Waals surface area (Å²) in [5.74, 6) is 0.736. The van der Waals surface area contributed by atoms with Gasteiger partial charge in [-0.3, -0.25) is 4.99 Å². The van der Waals surface area contributed by atoms with Crippen molar-refractivity contribution in [3.8, 4) is 11.3 Å². The van der Waals surface area contributed by atoms with Crippen LogP contribution >= 0.6 is 11.6 Å². The van der Waals surface area contributed by atoms with Crippen LogP contribution in [0.3, 0.4) is 0 Å². The van der Waals surface area contributed by atoms with Gasteiger partial charge in [-0.1, -0.05) is 41.9 Å². The van der Waals surface area contributed by atoms with Gasteiger partial charge in [0.15, 0.2) is 0 Å². The molecule has 1 atom stereocenters. The normalized spacial score (nSPS) is 13.5. The van der Waals surface area contributed by atoms with Crippen LogP contribution in [0.1, 0.15) is 6.92 Å². The second kappa shape index (κ2) is 6.34. The summed E-state index contributed by atoms with van der Waals surface area (Å²) in [4.78, 5) is 4.49. The lowest BCUT2D eigenvalue weighted by atomic mass is 10.1. The maximum atomic E-state index is 9.48. The first-order chi connectivity index (χ1) is 10.6. The van der Waals surface area contributed by atoms with E-state index in [9.17, 15) is 5.11 Å². The molecule has 3 aromatic rings. The fourth-order valence-corrected chi connectivity index (χ4v) is 2.42. The first kappa shape index (κ1) is 14.8. The van der Waals surface area contributed by atoms with E-state index < -0.39 is 6.10 Å². The zero-order valence-electron chi connectivity index (χ0n) is 12.2. The van der Waals surface area contributed by atoms with Crippen molar-refractivity contribution in [1.29, 1.82) is 0 Å². The van der Waals surface area contributed by atoms with Crippen molar-refractivity contribution < 1.29 is 9.52 Å². The van der Waals surface area contributed by atoms with Crippen LogP contribution in [-0.2, 0) is 0 Å². The number of rotatable bonds is 3. The Morgan fingerprint density at radius 3 is 2.64 bits per heavy atom. The summed E-state index contributed by atoms with van der Waals surface area (Å²) in [6, 6.07) is 17.2. The summed E-state index contributed by atoms with van der Waals surface area (Å²) in [5, 5.41) is 11.7. The number of hydrogen-bond acceptors (Lipinski definition) is 3. The molecule has 1 heterocycles. The van der Waals surface area contributed by atoms with E-state index in [2.05, 4.69) is 4.99 Å². The van der Waals surface area contributed by atoms with Crippen molar-refractivity contribution in [2.75, 3.05) is 6.54 Å². The highest BCUT2D eigenvalue weighted by Gasteiger charge is 2.06. The van der Waals surface area contributed by atoms with Crippen LogP contribution in [0, 0.1) is 0 Å². The van der Waals surface area contributed by atoms with E-state index in [0.29, 0.717) is 11.6 Å². The average molecular weight is 314 g/mol. The van der Waals surface area contributed by atoms with Crippen molar-refractivity contribution in [2.45, 2.75) is 13.0 Å². The fourth-order valence-electron chi connectivity index (χ4n) is 2.25. The van der Waals surface area contributed by atoms with Crippen LogP contribution < -0.4 is 5.36 Å². The number of aliphatic hydroxyl groups excluding tert-OH is 1. The molecule has 1 aromatic heterocycles. The lowest BCUT2D eigenvalue weighted by Crippen LogP contribution is -2.11. The Morgan fingerprint density at radius 2 is 1.91 bits per heavy atom. The molecule has 3 nitrogen and oxygen atoms in total. The van der Waals surface area contributed by atoms with E-state index in [1.54, 1.807) is 13.0 Å². The van der Waals surface area contributed by atoms with Gasteiger partial charge in [0, 0.05) is 22.0 Å². The van der Waals surface area contributed by atoms with Gasteiger partial charge in [-0.2, -0.15) is 0 Å². The molecule has 0 fully saturated rings. The topological polar surface area (TPSA) is 45.7 Å². The predicted molar refractivity (Wildman–Crippen MR) is 88.8 cm³/mol. The molecule has 3 rings (SSSR count). The minimum atomic E-state index is -0.494. The summed E-state index contributed by atoms with van der Waals surface area (Å²) in [5.41, 5.74) is 1.70. The van der Waals surface area contributed by atoms with Gasteiger partial charge in [0.05, 0.1) is 18.0 Å². The van der Waals surface area contributed by atoms with Crippen LogP contribution in [0.25, 0.3) is 22.3 Å². The summed E-state index contributed by atoms with van der Waals surface area (Å²) in [6.07, 6.45) is -0.494. The Balaban J connectivity index is 2.25. The second-order valence-corrected chi connectivity index (χ2v) is 5.63. The third-order valence-corrected chi connectivity index (χ3v) is 3.52. The molecule has 0 saturated carbocycles. The van der Waals surface area contributed by atoms with Gasteiger partial charge < -0.3 is 9.52 Å². The molecule has 0 spiro atoms. The van der Waals surface area contributed by atoms with Gasteiger partial charge in [0.1, 0.15) is 11.3 Å². The Kier molecular flexibility index (Phi) is 4.27. The minimum Gasteiger partial charge on any atom is -0.456 e. The van der Waals surface area contributed by atoms with E-state index in [4.69, 9.17) is 16.0 Å². The zero-order valence-corrected chi connectivity index (χ0v) is 12.9. The Bertz CT molecular complexity index is 854. The second-order valence-electron chi connectivity index (χ2n) is 5.19. The van der Waals surface area contributed by atoms with Crippen molar-refractivity contribution in [3.63, 3.8) is 0 Å². The summed E-state index contributed by atoms with van der Waals surface area (Å²) < 4.78 is 5.97. The molecule has 0 radical (unpaired) electrons. The average Bonchev–Trinajstić information content (AvgIpc) is 2.53. The maximum Gasteiger partial charge on any atom is 0.136 e. The number of aliphatic hydroxyl groups is 1. The van der Waals surface area contributed by atoms with Crippen molar-refractivity contribution in [3.05, 3.63) is 65.0 Å². The summed E-state index contributed by atoms with van der Waals surface area (Å²) in [7, 11) is 0. The van der Waals surface area contributed by atoms with Gasteiger partial charge in [-0.15, -0.1) is 0 Å². The number of halogens is 1. The molecule has 0 aliphatic heterocycles. The molecule has 1 N–H and O–H groups in total. The van der Waals surface area contributed by atoms with E-state index in [0.717, 1.165) is 27.7 Å². The smallest absolute Gasteiger partial charge is 0.136 e. The Hall–Kier alpha value is -2.10. The van der Waals surface area contributed by atoms with E-state index in [-0.39, 0.29) is 0 Å². The van der Waals surface area contributed by atoms with Crippen molar-refractivity contribution >= 4 is 22.6 Å². The molecule has 0 unspecified atom stereocenters. The maximum absolute atomic E-state index is 9.48. The molecule has 2 aromatic carbocycles. The fraction of sp³-hybridized carbons (Fsp3) is 0.167. The molecule has 0 bridgehead atoms. The third kappa shape index (κ3) is 3.21. The Labute approximate surface area is 133 Å². The van der Waals surface area contributed by atoms with Gasteiger partial charge >= 0.3 is 0 Å². The number of fused-ring (bicyclic) bond motifs is 1. The minimum absolute atomic E-state index is 0.333. The van der Waals surface area contributed by atoms with Gasteiger partial charge in [-0.25, -0.2) is 0 Å². The van der Waals surface area contributed by atoms with Gasteiger partial charge in [0.2, 0.25) is 0 Å². The summed E-state index contributed by atoms with van der Waals surface area (Å²) in [6.45, 7) is 2.05. The van der Waals surface area contributed by atoms with Crippen molar-refractivity contribution in [1.82, 2.24) is 0 Å². The first-order valence-electron chi connectivity index (χ1n) is 7.11. The zero-order chi connectivity index (χ0) is 15.5. The van der Waals surface area contributed by atoms with Crippen LogP contribution in [0.15, 0.2) is 64.0 Å². The van der Waals surface area contributed by atoms with Crippen molar-refractivity contribution in [2.24, 2.45) is 4.99 Å². The molecule has 0 aliphatic rings. The first-order valence-corrected chi connectivity index (χ1v) is 7.48. The van der Waals surface area contributed by atoms with Gasteiger partial charge in [0.25, 0.3) is 0 Å². The molecule has 0 amide bonds. The van der Waals surface area contributed by atoms with Crippen LogP contribution in [0.4, 0.5) is 0 Å². The number of nitrogens with zero attached hydrogens (tertiary/aromatic N) is 1. The summed E-state index contributed by atoms with van der Waals surface area (Å²) >= 11 is 6.08. The molecule has 0 saturated heterocycles. The lowest BCUT2D eigenvalue weighted by Gasteiger charge is -2.06. The van der Waals surface area contributed by atoms with E-state index in [1.165, 1.54) is 0 Å². The van der Waals surface area contributed by atoms with E-state index >= 15 is 0 Å². The monoisotopic (exact) mass is 313 g/mol. The highest BCUT2D eigenvalue weighted by Crippen LogP contribution is 2.23. The molecule has 4 heteroatoms. The highest BCUT2D eigenvalue weighted by atomic mass is 35.5. The molecule has 0 aliphatic carbocycles.